The molecule has 3 heterocycles. The van der Waals surface area contributed by atoms with Crippen LogP contribution < -0.4 is 29.6 Å². The van der Waals surface area contributed by atoms with Crippen LogP contribution in [0.4, 0.5) is 4.79 Å². The molecule has 4 bridgehead atoms. The van der Waals surface area contributed by atoms with E-state index in [1.54, 1.807) is 13.2 Å². The van der Waals surface area contributed by atoms with Crippen LogP contribution in [0, 0.1) is 17.3 Å². The molecular weight excluding hydrogens is 791 g/mol. The van der Waals surface area contributed by atoms with Crippen molar-refractivity contribution >= 4 is 44.7 Å². The first kappa shape index (κ1) is 42.7. The lowest BCUT2D eigenvalue weighted by Crippen LogP contribution is -2.59. The van der Waals surface area contributed by atoms with E-state index < -0.39 is 68.9 Å². The predicted molar refractivity (Wildman–Crippen MR) is 223 cm³/mol. The second-order valence-electron chi connectivity index (χ2n) is 17.4. The monoisotopic (exact) mass is 845 g/mol. The van der Waals surface area contributed by atoms with Crippen LogP contribution in [0.5, 0.6) is 23.1 Å². The van der Waals surface area contributed by atoms with Gasteiger partial charge in [-0.2, -0.15) is 0 Å². The maximum absolute atomic E-state index is 15.0. The minimum atomic E-state index is -3.96. The summed E-state index contributed by atoms with van der Waals surface area (Å²) in [6.07, 6.45) is 7.30. The smallest absolute Gasteiger partial charge is 0.407 e. The first-order valence-electron chi connectivity index (χ1n) is 20.7. The number of amides is 4. The van der Waals surface area contributed by atoms with Crippen LogP contribution in [0.25, 0.3) is 10.9 Å². The van der Waals surface area contributed by atoms with E-state index in [1.807, 2.05) is 61.0 Å². The number of hydrogen-bond donors (Lipinski definition) is 3. The van der Waals surface area contributed by atoms with Gasteiger partial charge in [0.1, 0.15) is 41.0 Å². The number of aromatic nitrogens is 1. The van der Waals surface area contributed by atoms with Gasteiger partial charge in [0.15, 0.2) is 0 Å². The fourth-order valence-electron chi connectivity index (χ4n) is 8.83. The summed E-state index contributed by atoms with van der Waals surface area (Å²) in [5.41, 5.74) is -0.517. The Balaban J connectivity index is 1.30. The van der Waals surface area contributed by atoms with Crippen molar-refractivity contribution in [2.75, 3.05) is 26.5 Å². The molecule has 0 unspecified atom stereocenters. The highest BCUT2D eigenvalue weighted by Crippen LogP contribution is 2.45. The van der Waals surface area contributed by atoms with Crippen molar-refractivity contribution in [2.24, 2.45) is 17.3 Å². The lowest BCUT2D eigenvalue weighted by atomic mass is 9.83. The summed E-state index contributed by atoms with van der Waals surface area (Å²) in [6, 6.07) is 12.5. The Morgan fingerprint density at radius 1 is 1.07 bits per heavy atom. The maximum Gasteiger partial charge on any atom is 0.407 e. The van der Waals surface area contributed by atoms with E-state index in [4.69, 9.17) is 23.9 Å². The number of ether oxygens (including phenoxy) is 4. The molecule has 7 rings (SSSR count). The predicted octanol–water partition coefficient (Wildman–Crippen LogP) is 5.56. The topological polar surface area (TPSA) is 192 Å². The Morgan fingerprint density at radius 3 is 2.50 bits per heavy atom. The molecule has 2 aliphatic heterocycles. The number of hydrogen-bond acceptors (Lipinski definition) is 11. The van der Waals surface area contributed by atoms with Gasteiger partial charge in [-0.25, -0.2) is 18.2 Å². The molecule has 60 heavy (non-hydrogen) atoms. The summed E-state index contributed by atoms with van der Waals surface area (Å²) < 4.78 is 50.9. The number of nitrogens with zero attached hydrogens (tertiary/aromatic N) is 2. The molecule has 5 atom stereocenters. The molecule has 4 aliphatic rings. The summed E-state index contributed by atoms with van der Waals surface area (Å²) >= 11 is 0. The summed E-state index contributed by atoms with van der Waals surface area (Å²) in [6.45, 7) is 7.90. The van der Waals surface area contributed by atoms with E-state index in [9.17, 15) is 27.6 Å². The van der Waals surface area contributed by atoms with Gasteiger partial charge in [-0.3, -0.25) is 19.1 Å². The Labute approximate surface area is 351 Å². The lowest BCUT2D eigenvalue weighted by Gasteiger charge is -2.35. The number of carbonyl (C=O) groups excluding carboxylic acids is 4. The average Bonchev–Trinajstić information content (AvgIpc) is 3.77. The summed E-state index contributed by atoms with van der Waals surface area (Å²) in [4.78, 5) is 62.7. The van der Waals surface area contributed by atoms with E-state index >= 15 is 0 Å². The number of methoxy groups -OCH3 is 1. The summed E-state index contributed by atoms with van der Waals surface area (Å²) in [5.74, 6) is -0.927. The number of carbonyl (C=O) groups is 4. The van der Waals surface area contributed by atoms with Crippen LogP contribution in [0.15, 0.2) is 61.2 Å². The molecular formula is C44H55N5O10S. The number of para-hydroxylation sites is 1. The molecule has 2 saturated carbocycles. The Bertz CT molecular complexity index is 2250. The normalized spacial score (nSPS) is 26.1. The third-order valence-electron chi connectivity index (χ3n) is 12.1. The van der Waals surface area contributed by atoms with Crippen LogP contribution in [0.2, 0.25) is 0 Å². The van der Waals surface area contributed by atoms with Crippen molar-refractivity contribution in [3.8, 4) is 23.1 Å². The molecule has 4 amide bonds. The van der Waals surface area contributed by atoms with Gasteiger partial charge < -0.3 is 34.5 Å². The Morgan fingerprint density at radius 2 is 1.82 bits per heavy atom. The number of alkyl carbamates (subject to hydrolysis) is 1. The summed E-state index contributed by atoms with van der Waals surface area (Å²) in [7, 11) is -2.36. The van der Waals surface area contributed by atoms with Crippen LogP contribution in [-0.2, 0) is 35.6 Å². The van der Waals surface area contributed by atoms with Gasteiger partial charge >= 0.3 is 6.09 Å². The first-order valence-corrected chi connectivity index (χ1v) is 22.6. The number of pyridine rings is 1. The molecule has 3 fully saturated rings. The number of sulfonamides is 1. The fourth-order valence-corrected chi connectivity index (χ4v) is 9.35. The molecule has 1 saturated heterocycles. The van der Waals surface area contributed by atoms with E-state index in [1.165, 1.54) is 11.0 Å². The lowest BCUT2D eigenvalue weighted by molar-refractivity contribution is -0.142. The zero-order chi connectivity index (χ0) is 42.8. The quantitative estimate of drug-likeness (QED) is 0.229. The van der Waals surface area contributed by atoms with Gasteiger partial charge in [0.05, 0.1) is 32.0 Å². The molecule has 322 valence electrons. The minimum Gasteiger partial charge on any atom is -0.496 e. The van der Waals surface area contributed by atoms with Crippen molar-refractivity contribution in [2.45, 2.75) is 102 Å². The van der Waals surface area contributed by atoms with Gasteiger partial charge in [-0.05, 0) is 73.6 Å². The van der Waals surface area contributed by atoms with Crippen molar-refractivity contribution in [3.05, 3.63) is 66.7 Å². The molecule has 3 N–H and O–H groups in total. The van der Waals surface area contributed by atoms with Crippen molar-refractivity contribution in [1.29, 1.82) is 0 Å². The SMILES string of the molecule is C=C[C@@H]1C[C@]1(NC(=O)[C@@H]1C[C@@H]2CN1C(=O)[C@H](C1CCCCC1)NC(=O)OCC(C)(C)CCCc1cc3c(cc(Oc4ccccc4)nc3cc1OC)O2)C(=O)NS(C)(=O)=O. The van der Waals surface area contributed by atoms with Gasteiger partial charge in [0.2, 0.25) is 27.7 Å². The van der Waals surface area contributed by atoms with Crippen molar-refractivity contribution in [3.63, 3.8) is 0 Å². The van der Waals surface area contributed by atoms with Crippen LogP contribution >= 0.6 is 0 Å². The number of rotatable bonds is 9. The third-order valence-corrected chi connectivity index (χ3v) is 12.7. The first-order chi connectivity index (χ1) is 28.6. The number of aryl methyl sites for hydroxylation is 1. The zero-order valence-electron chi connectivity index (χ0n) is 34.7. The molecule has 0 spiro atoms. The van der Waals surface area contributed by atoms with Crippen LogP contribution in [0.3, 0.4) is 0 Å². The second kappa shape index (κ2) is 17.3. The van der Waals surface area contributed by atoms with E-state index in [0.29, 0.717) is 47.4 Å². The highest BCUT2D eigenvalue weighted by molar-refractivity contribution is 7.89. The number of fused-ring (bicyclic) bond motifs is 3. The molecule has 2 aromatic carbocycles. The maximum atomic E-state index is 15.0. The highest BCUT2D eigenvalue weighted by atomic mass is 32.2. The largest absolute Gasteiger partial charge is 0.496 e. The highest BCUT2D eigenvalue weighted by Gasteiger charge is 2.61. The minimum absolute atomic E-state index is 0.0117. The van der Waals surface area contributed by atoms with Gasteiger partial charge in [-0.15, -0.1) is 6.58 Å². The van der Waals surface area contributed by atoms with Crippen molar-refractivity contribution < 1.29 is 46.5 Å². The standard InChI is InChI=1S/C44H55N5O10S/c1-6-29-24-44(29,41(52)48-60(5,54)55)47-39(50)34-21-31-25-49(34)40(51)38(27-14-9-7-10-15-27)46-42(53)57-26-43(2,3)19-13-16-28-20-32-33(22-35(28)56-4)45-37(23-36(32)58-31)59-30-17-11-8-12-18-30/h6,8,11-12,17-18,20,22-23,27,29,31,34,38H,1,7,9-10,13-16,19,21,24-26H2,2-5H3,(H,46,53)(H,47,50)(H,48,52)/t29-,31-,34+,38+,44-/m1/s1. The van der Waals surface area contributed by atoms with Crippen molar-refractivity contribution in [1.82, 2.24) is 25.2 Å². The number of cyclic esters (lactones) is 1. The second-order valence-corrected chi connectivity index (χ2v) is 19.1. The molecule has 2 aliphatic carbocycles. The zero-order valence-corrected chi connectivity index (χ0v) is 35.5. The van der Waals surface area contributed by atoms with Gasteiger partial charge in [0.25, 0.3) is 5.91 Å². The number of nitrogens with one attached hydrogen (secondary N) is 3. The molecule has 0 radical (unpaired) electrons. The summed E-state index contributed by atoms with van der Waals surface area (Å²) in [5, 5.41) is 6.38. The van der Waals surface area contributed by atoms with Gasteiger partial charge in [0, 0.05) is 29.9 Å². The van der Waals surface area contributed by atoms with E-state index in [0.717, 1.165) is 43.9 Å². The molecule has 1 aromatic heterocycles. The Kier molecular flexibility index (Phi) is 12.3. The number of benzene rings is 2. The van der Waals surface area contributed by atoms with E-state index in [2.05, 4.69) is 17.2 Å². The molecule has 16 heteroatoms. The van der Waals surface area contributed by atoms with Crippen LogP contribution in [0.1, 0.15) is 77.2 Å². The fraction of sp³-hybridized carbons (Fsp3) is 0.523. The van der Waals surface area contributed by atoms with Crippen LogP contribution in [-0.4, -0.2) is 92.4 Å². The molecule has 3 aromatic rings. The average molecular weight is 846 g/mol. The van der Waals surface area contributed by atoms with E-state index in [-0.39, 0.29) is 37.8 Å². The Hall–Kier alpha value is -5.38. The van der Waals surface area contributed by atoms with Gasteiger partial charge in [-0.1, -0.05) is 57.4 Å². The molecule has 15 nitrogen and oxygen atoms in total. The third kappa shape index (κ3) is 9.64.